The first-order chi connectivity index (χ1) is 32.9. The van der Waals surface area contributed by atoms with Gasteiger partial charge in [0.05, 0.1) is 63.2 Å². The first-order valence-corrected chi connectivity index (χ1v) is 25.5. The molecule has 6 heterocycles. The normalized spacial score (nSPS) is 17.9. The Labute approximate surface area is 399 Å². The number of fused-ring (bicyclic) bond motifs is 6. The van der Waals surface area contributed by atoms with Crippen LogP contribution in [0.25, 0.3) is 32.5 Å². The second kappa shape index (κ2) is 18.5. The fraction of sp³-hybridized carbons (Fsp3) is 0.458. The van der Waals surface area contributed by atoms with Crippen LogP contribution in [0.4, 0.5) is 10.1 Å². The fourth-order valence-electron chi connectivity index (χ4n) is 9.20. The van der Waals surface area contributed by atoms with E-state index in [1.54, 1.807) is 43.5 Å². The Morgan fingerprint density at radius 3 is 2.48 bits per heavy atom. The summed E-state index contributed by atoms with van der Waals surface area (Å²) in [5.74, 6) is -3.19. The van der Waals surface area contributed by atoms with E-state index in [-0.39, 0.29) is 83.0 Å². The van der Waals surface area contributed by atoms with Crippen molar-refractivity contribution in [2.45, 2.75) is 126 Å². The van der Waals surface area contributed by atoms with Crippen molar-refractivity contribution in [1.82, 2.24) is 30.5 Å². The van der Waals surface area contributed by atoms with E-state index in [1.807, 2.05) is 0 Å². The highest BCUT2D eigenvalue weighted by Crippen LogP contribution is 2.45. The molecule has 0 bridgehead atoms. The topological polar surface area (TPSA) is 254 Å². The molecule has 3 atom stereocenters. The number of halogens is 1. The van der Waals surface area contributed by atoms with Gasteiger partial charge in [-0.05, 0) is 80.3 Å². The van der Waals surface area contributed by atoms with Crippen LogP contribution < -0.4 is 31.6 Å². The minimum atomic E-state index is -3.52. The summed E-state index contributed by atoms with van der Waals surface area (Å²) in [5.41, 5.74) is 2.15. The number of nitrogens with zero attached hydrogens (tertiary/aromatic N) is 3. The van der Waals surface area contributed by atoms with Crippen molar-refractivity contribution < 1.29 is 51.4 Å². The van der Waals surface area contributed by atoms with Gasteiger partial charge in [-0.2, -0.15) is 0 Å². The summed E-state index contributed by atoms with van der Waals surface area (Å²) in [6.07, 6.45) is 3.20. The Hall–Kier alpha value is -6.32. The van der Waals surface area contributed by atoms with Gasteiger partial charge < -0.3 is 40.4 Å². The maximum absolute atomic E-state index is 14.8. The van der Waals surface area contributed by atoms with Crippen LogP contribution in [0.1, 0.15) is 100 Å². The number of thiazole rings is 1. The predicted molar refractivity (Wildman–Crippen MR) is 252 cm³/mol. The van der Waals surface area contributed by atoms with Crippen molar-refractivity contribution in [3.63, 3.8) is 0 Å². The maximum atomic E-state index is 14.8. The van der Waals surface area contributed by atoms with Crippen LogP contribution in [0.2, 0.25) is 0 Å². The van der Waals surface area contributed by atoms with E-state index >= 15 is 0 Å². The van der Waals surface area contributed by atoms with Crippen LogP contribution in [0.15, 0.2) is 39.5 Å². The number of aliphatic hydroxyl groups is 1. The van der Waals surface area contributed by atoms with Crippen LogP contribution >= 0.6 is 11.3 Å². The summed E-state index contributed by atoms with van der Waals surface area (Å²) in [6, 6.07) is 5.72. The number of anilines is 1. The van der Waals surface area contributed by atoms with E-state index in [2.05, 4.69) is 26.3 Å². The third-order valence-electron chi connectivity index (χ3n) is 13.3. The molecule has 5 aromatic rings. The third kappa shape index (κ3) is 8.95. The van der Waals surface area contributed by atoms with Gasteiger partial charge in [0.15, 0.2) is 11.4 Å². The predicted octanol–water partition coefficient (Wildman–Crippen LogP) is 4.20. The zero-order valence-electron chi connectivity index (χ0n) is 38.5. The average Bonchev–Trinajstić information content (AvgIpc) is 4.01. The second-order valence-corrected chi connectivity index (χ2v) is 21.9. The third-order valence-corrected chi connectivity index (χ3v) is 17.0. The number of cyclic esters (lactones) is 1. The quantitative estimate of drug-likeness (QED) is 0.0636. The van der Waals surface area contributed by atoms with E-state index in [0.717, 1.165) is 28.5 Å². The molecule has 0 spiro atoms. The number of esters is 1. The van der Waals surface area contributed by atoms with Crippen molar-refractivity contribution in [1.29, 1.82) is 0 Å². The highest BCUT2D eigenvalue weighted by Gasteiger charge is 2.46. The molecule has 0 unspecified atom stereocenters. The van der Waals surface area contributed by atoms with Gasteiger partial charge in [0.1, 0.15) is 24.5 Å². The summed E-state index contributed by atoms with van der Waals surface area (Å²) >= 11 is 0.977. The number of hydrogen-bond acceptors (Lipinski definition) is 14. The zero-order chi connectivity index (χ0) is 49.1. The average molecular weight is 986 g/mol. The number of sulfone groups is 1. The molecule has 2 aromatic carbocycles. The lowest BCUT2D eigenvalue weighted by molar-refractivity contribution is -0.172. The molecule has 5 N–H and O–H groups in total. The molecule has 69 heavy (non-hydrogen) atoms. The van der Waals surface area contributed by atoms with E-state index < -0.39 is 62.3 Å². The molecule has 1 fully saturated rings. The van der Waals surface area contributed by atoms with E-state index in [1.165, 1.54) is 13.0 Å². The monoisotopic (exact) mass is 985 g/mol. The molecular formula is C48H52FN7O11S2. The van der Waals surface area contributed by atoms with E-state index in [0.29, 0.717) is 83.5 Å². The zero-order valence-corrected chi connectivity index (χ0v) is 40.1. The standard InChI is InChI=1S/C48H52FN7O11S2/c1-5-48(63)30-19-35-41-28(21-56(35)45(61)29(30)22-67-46(48)62)27-14-16-66-42-33(13-12-32(52-41)39(27)42)53-43(59)24(4)51-44(60)40(23(2)3)55-37(57)9-7-6-8-15-50-38(58)18-25-17-36-34(20-31(25)49)54-47(68-36)69(64,65)26-10-11-26/h12-13,17,19-20,23-24,26,40,63H,5-11,14-16,18,21-22H2,1-4H3,(H,50,58)(H,51,60)(H,53,59)(H,55,57)/t24-,40-,48-/m0/s1. The van der Waals surface area contributed by atoms with Crippen LogP contribution in [0, 0.1) is 11.7 Å². The highest BCUT2D eigenvalue weighted by atomic mass is 32.2. The van der Waals surface area contributed by atoms with Crippen LogP contribution in [-0.4, -0.2) is 88.1 Å². The number of unbranched alkanes of at least 4 members (excludes halogenated alkanes) is 2. The number of ether oxygens (including phenoxy) is 2. The van der Waals surface area contributed by atoms with Crippen LogP contribution in [0.3, 0.4) is 0 Å². The first-order valence-electron chi connectivity index (χ1n) is 23.2. The molecule has 9 rings (SSSR count). The number of pyridine rings is 2. The Kier molecular flexibility index (Phi) is 12.8. The van der Waals surface area contributed by atoms with Crippen LogP contribution in [0.5, 0.6) is 5.75 Å². The highest BCUT2D eigenvalue weighted by molar-refractivity contribution is 7.94. The van der Waals surface area contributed by atoms with Gasteiger partial charge in [-0.25, -0.2) is 27.6 Å². The summed E-state index contributed by atoms with van der Waals surface area (Å²) < 4.78 is 53.4. The number of hydrogen-bond donors (Lipinski definition) is 5. The molecule has 4 aliphatic rings. The number of rotatable bonds is 17. The van der Waals surface area contributed by atoms with Crippen molar-refractivity contribution in [2.75, 3.05) is 18.5 Å². The number of benzene rings is 2. The molecule has 18 nitrogen and oxygen atoms in total. The molecule has 1 saturated carbocycles. The molecule has 1 aliphatic carbocycles. The molecule has 364 valence electrons. The van der Waals surface area contributed by atoms with E-state index in [4.69, 9.17) is 14.5 Å². The Bertz CT molecular complexity index is 3170. The minimum absolute atomic E-state index is 0.0236. The van der Waals surface area contributed by atoms with Crippen LogP contribution in [-0.2, 0) is 70.1 Å². The van der Waals surface area contributed by atoms with Crippen molar-refractivity contribution in [2.24, 2.45) is 5.92 Å². The summed E-state index contributed by atoms with van der Waals surface area (Å²) in [7, 11) is -3.52. The van der Waals surface area contributed by atoms with Crippen molar-refractivity contribution >= 4 is 77.6 Å². The summed E-state index contributed by atoms with van der Waals surface area (Å²) in [6.45, 7) is 7.27. The lowest BCUT2D eigenvalue weighted by Gasteiger charge is -2.31. The number of nitrogens with one attached hydrogen (secondary N) is 4. The number of carbonyl (C=O) groups is 5. The van der Waals surface area contributed by atoms with Gasteiger partial charge in [-0.15, -0.1) is 11.3 Å². The van der Waals surface area contributed by atoms with Crippen molar-refractivity contribution in [3.8, 4) is 17.1 Å². The number of carbonyl (C=O) groups excluding carboxylic acids is 5. The Morgan fingerprint density at radius 1 is 0.957 bits per heavy atom. The lowest BCUT2D eigenvalue weighted by Crippen LogP contribution is -2.53. The number of aromatic nitrogens is 3. The van der Waals surface area contributed by atoms with Gasteiger partial charge in [-0.1, -0.05) is 27.2 Å². The molecule has 4 amide bonds. The number of amides is 4. The molecular weight excluding hydrogens is 934 g/mol. The SMILES string of the molecule is CC[C@@]1(O)C(=O)OCc2c1cc1n(c2=O)Cc2c-1nc1ccc(NC(=O)[C@H](C)NC(=O)[C@@H](NC(=O)CCCCCNC(=O)Cc3cc4sc(S(=O)(=O)C5CC5)nc4cc3F)C(C)C)c3c1c2CCO3. The molecule has 3 aliphatic heterocycles. The smallest absolute Gasteiger partial charge is 0.343 e. The molecule has 0 radical (unpaired) electrons. The van der Waals surface area contributed by atoms with Gasteiger partial charge >= 0.3 is 5.97 Å². The lowest BCUT2D eigenvalue weighted by atomic mass is 9.86. The van der Waals surface area contributed by atoms with Crippen molar-refractivity contribution in [3.05, 3.63) is 74.3 Å². The van der Waals surface area contributed by atoms with Gasteiger partial charge in [0.25, 0.3) is 5.56 Å². The molecule has 21 heteroatoms. The Morgan fingerprint density at radius 2 is 1.74 bits per heavy atom. The largest absolute Gasteiger partial charge is 0.490 e. The summed E-state index contributed by atoms with van der Waals surface area (Å²) in [4.78, 5) is 88.2. The van der Waals surface area contributed by atoms with Gasteiger partial charge in [0, 0.05) is 42.0 Å². The fourth-order valence-corrected chi connectivity index (χ4v) is 12.4. The second-order valence-electron chi connectivity index (χ2n) is 18.4. The van der Waals surface area contributed by atoms with Gasteiger partial charge in [-0.3, -0.25) is 24.0 Å². The minimum Gasteiger partial charge on any atom is -0.490 e. The van der Waals surface area contributed by atoms with Gasteiger partial charge in [0.2, 0.25) is 37.8 Å². The first kappa shape index (κ1) is 47.7. The summed E-state index contributed by atoms with van der Waals surface area (Å²) in [5, 5.41) is 22.7. The molecule has 0 saturated heterocycles. The maximum Gasteiger partial charge on any atom is 0.343 e. The Balaban J connectivity index is 0.762. The van der Waals surface area contributed by atoms with E-state index in [9.17, 15) is 46.7 Å². The molecule has 3 aromatic heterocycles.